The molecule has 0 spiro atoms. The molecule has 0 radical (unpaired) electrons. The van der Waals surface area contributed by atoms with E-state index in [-0.39, 0.29) is 30.2 Å². The van der Waals surface area contributed by atoms with E-state index in [0.717, 1.165) is 11.3 Å². The first-order chi connectivity index (χ1) is 15.4. The molecule has 0 saturated heterocycles. The fourth-order valence-electron chi connectivity index (χ4n) is 3.26. The quantitative estimate of drug-likeness (QED) is 0.388. The predicted octanol–water partition coefficient (Wildman–Crippen LogP) is 4.99. The Morgan fingerprint density at radius 1 is 1.25 bits per heavy atom. The van der Waals surface area contributed by atoms with Gasteiger partial charge in [-0.25, -0.2) is 4.39 Å². The number of hydrogen-bond donors (Lipinski definition) is 1. The van der Waals surface area contributed by atoms with Gasteiger partial charge < -0.3 is 19.1 Å². The molecule has 1 atom stereocenters. The summed E-state index contributed by atoms with van der Waals surface area (Å²) in [5, 5.41) is 6.97. The van der Waals surface area contributed by atoms with Crippen LogP contribution in [0.25, 0.3) is 23.0 Å². The molecule has 7 nitrogen and oxygen atoms in total. The zero-order valence-corrected chi connectivity index (χ0v) is 19.0. The van der Waals surface area contributed by atoms with Crippen LogP contribution < -0.4 is 10.1 Å². The van der Waals surface area contributed by atoms with Crippen LogP contribution in [0.1, 0.15) is 18.5 Å². The topological polar surface area (TPSA) is 82.2 Å². The number of halogens is 2. The summed E-state index contributed by atoms with van der Waals surface area (Å²) in [6.07, 6.45) is 1.77. The summed E-state index contributed by atoms with van der Waals surface area (Å²) in [6, 6.07) is 15.4. The number of benzene rings is 2. The number of aromatic nitrogens is 3. The number of carbonyl (C=O) groups excluding carboxylic acids is 1. The van der Waals surface area contributed by atoms with Crippen molar-refractivity contribution in [1.82, 2.24) is 20.0 Å². The molecule has 164 valence electrons. The minimum atomic E-state index is -0.375. The lowest BCUT2D eigenvalue weighted by atomic mass is 10.1. The summed E-state index contributed by atoms with van der Waals surface area (Å²) < 4.78 is 26.2. The van der Waals surface area contributed by atoms with Gasteiger partial charge in [-0.1, -0.05) is 17.3 Å². The highest BCUT2D eigenvalue weighted by Crippen LogP contribution is 2.26. The number of hydrogen-bond acceptors (Lipinski definition) is 5. The van der Waals surface area contributed by atoms with Crippen LogP contribution in [-0.4, -0.2) is 27.7 Å². The molecule has 0 fully saturated rings. The number of rotatable bonds is 7. The molecule has 1 unspecified atom stereocenters. The molecular weight excluding hydrogens is 479 g/mol. The zero-order chi connectivity index (χ0) is 22.7. The van der Waals surface area contributed by atoms with Gasteiger partial charge in [-0.3, -0.25) is 4.79 Å². The fraction of sp³-hybridized carbons (Fsp3) is 0.174. The maximum absolute atomic E-state index is 13.5. The van der Waals surface area contributed by atoms with Crippen molar-refractivity contribution in [1.29, 1.82) is 0 Å². The summed E-state index contributed by atoms with van der Waals surface area (Å²) in [5.41, 5.74) is 2.16. The smallest absolute Gasteiger partial charge is 0.274 e. The molecule has 4 rings (SSSR count). The van der Waals surface area contributed by atoms with Gasteiger partial charge in [0, 0.05) is 11.8 Å². The zero-order valence-electron chi connectivity index (χ0n) is 17.4. The van der Waals surface area contributed by atoms with Crippen molar-refractivity contribution >= 4 is 21.8 Å². The van der Waals surface area contributed by atoms with Gasteiger partial charge in [0.15, 0.2) is 0 Å². The van der Waals surface area contributed by atoms with Crippen LogP contribution in [0.15, 0.2) is 69.8 Å². The van der Waals surface area contributed by atoms with Gasteiger partial charge in [0.2, 0.25) is 11.7 Å². The van der Waals surface area contributed by atoms with Gasteiger partial charge in [-0.05, 0) is 70.9 Å². The van der Waals surface area contributed by atoms with Gasteiger partial charge >= 0.3 is 0 Å². The molecule has 2 aromatic carbocycles. The van der Waals surface area contributed by atoms with Crippen LogP contribution in [0.3, 0.4) is 0 Å². The van der Waals surface area contributed by atoms with Crippen LogP contribution in [0.2, 0.25) is 0 Å². The molecule has 0 aliphatic heterocycles. The standard InChI is InChI=1S/C23H20BrFN4O3/c1-14(15-5-3-6-17(11-15)31-2)26-21(30)13-29-10-4-7-20(29)23-27-22(28-32-23)16-8-9-19(25)18(24)12-16/h3-12,14H,13H2,1-2H3,(H,26,30). The van der Waals surface area contributed by atoms with E-state index in [4.69, 9.17) is 9.26 Å². The third-order valence-electron chi connectivity index (χ3n) is 4.94. The van der Waals surface area contributed by atoms with Gasteiger partial charge in [0.05, 0.1) is 17.6 Å². The number of ether oxygens (including phenoxy) is 1. The normalized spacial score (nSPS) is 11.9. The van der Waals surface area contributed by atoms with Crippen LogP contribution >= 0.6 is 15.9 Å². The Kier molecular flexibility index (Phi) is 6.36. The van der Waals surface area contributed by atoms with Crippen LogP contribution in [0.4, 0.5) is 4.39 Å². The summed E-state index contributed by atoms with van der Waals surface area (Å²) >= 11 is 3.16. The number of carbonyl (C=O) groups is 1. The van der Waals surface area contributed by atoms with Crippen LogP contribution in [0, 0.1) is 5.82 Å². The van der Waals surface area contributed by atoms with Crippen molar-refractivity contribution in [3.8, 4) is 28.7 Å². The first kappa shape index (κ1) is 21.8. The molecule has 0 bridgehead atoms. The van der Waals surface area contributed by atoms with E-state index in [1.807, 2.05) is 31.2 Å². The molecule has 0 aliphatic rings. The highest BCUT2D eigenvalue weighted by atomic mass is 79.9. The maximum Gasteiger partial charge on any atom is 0.274 e. The lowest BCUT2D eigenvalue weighted by Gasteiger charge is -2.16. The first-order valence-corrected chi connectivity index (χ1v) is 10.6. The van der Waals surface area contributed by atoms with Gasteiger partial charge in [-0.2, -0.15) is 4.98 Å². The Bertz CT molecular complexity index is 1250. The van der Waals surface area contributed by atoms with E-state index < -0.39 is 0 Å². The Morgan fingerprint density at radius 2 is 2.09 bits per heavy atom. The fourth-order valence-corrected chi connectivity index (χ4v) is 3.64. The summed E-state index contributed by atoms with van der Waals surface area (Å²) in [6.45, 7) is 1.99. The van der Waals surface area contributed by atoms with Crippen molar-refractivity contribution in [2.75, 3.05) is 7.11 Å². The molecular formula is C23H20BrFN4O3. The van der Waals surface area contributed by atoms with Gasteiger partial charge in [0.1, 0.15) is 23.8 Å². The Morgan fingerprint density at radius 3 is 2.88 bits per heavy atom. The molecule has 1 amide bonds. The minimum absolute atomic E-state index is 0.0798. The molecule has 1 N–H and O–H groups in total. The summed E-state index contributed by atoms with van der Waals surface area (Å²) in [7, 11) is 1.60. The maximum atomic E-state index is 13.5. The third kappa shape index (κ3) is 4.72. The average Bonchev–Trinajstić information content (AvgIpc) is 3.45. The van der Waals surface area contributed by atoms with Crippen molar-refractivity contribution in [3.05, 3.63) is 76.6 Å². The summed E-state index contributed by atoms with van der Waals surface area (Å²) in [4.78, 5) is 17.1. The number of amides is 1. The molecule has 4 aromatic rings. The monoisotopic (exact) mass is 498 g/mol. The summed E-state index contributed by atoms with van der Waals surface area (Å²) in [5.74, 6) is 0.779. The van der Waals surface area contributed by atoms with E-state index in [1.54, 1.807) is 42.1 Å². The van der Waals surface area contributed by atoms with Crippen molar-refractivity contribution in [2.45, 2.75) is 19.5 Å². The Hall–Kier alpha value is -3.46. The van der Waals surface area contributed by atoms with Crippen LogP contribution in [0.5, 0.6) is 5.75 Å². The van der Waals surface area contributed by atoms with E-state index in [2.05, 4.69) is 31.4 Å². The second-order valence-corrected chi connectivity index (χ2v) is 7.99. The van der Waals surface area contributed by atoms with E-state index >= 15 is 0 Å². The SMILES string of the molecule is COc1cccc(C(C)NC(=O)Cn2cccc2-c2nc(-c3ccc(F)c(Br)c3)no2)c1. The molecule has 0 saturated carbocycles. The van der Waals surface area contributed by atoms with Crippen molar-refractivity contribution < 1.29 is 18.4 Å². The van der Waals surface area contributed by atoms with E-state index in [0.29, 0.717) is 21.6 Å². The largest absolute Gasteiger partial charge is 0.497 e. The van der Waals surface area contributed by atoms with Crippen molar-refractivity contribution in [2.24, 2.45) is 0 Å². The lowest BCUT2D eigenvalue weighted by molar-refractivity contribution is -0.122. The lowest BCUT2D eigenvalue weighted by Crippen LogP contribution is -2.30. The third-order valence-corrected chi connectivity index (χ3v) is 5.55. The minimum Gasteiger partial charge on any atom is -0.497 e. The molecule has 2 aromatic heterocycles. The van der Waals surface area contributed by atoms with Gasteiger partial charge in [-0.15, -0.1) is 0 Å². The second kappa shape index (κ2) is 9.35. The molecule has 0 aliphatic carbocycles. The van der Waals surface area contributed by atoms with E-state index in [9.17, 15) is 9.18 Å². The predicted molar refractivity (Wildman–Crippen MR) is 120 cm³/mol. The second-order valence-electron chi connectivity index (χ2n) is 7.14. The van der Waals surface area contributed by atoms with Crippen molar-refractivity contribution in [3.63, 3.8) is 0 Å². The Labute approximate surface area is 192 Å². The first-order valence-electron chi connectivity index (χ1n) is 9.82. The number of methoxy groups -OCH3 is 1. The highest BCUT2D eigenvalue weighted by molar-refractivity contribution is 9.10. The molecule has 9 heteroatoms. The van der Waals surface area contributed by atoms with Crippen LogP contribution in [-0.2, 0) is 11.3 Å². The van der Waals surface area contributed by atoms with E-state index in [1.165, 1.54) is 6.07 Å². The molecule has 2 heterocycles. The average molecular weight is 499 g/mol. The number of nitrogens with zero attached hydrogens (tertiary/aromatic N) is 3. The number of nitrogens with one attached hydrogen (secondary N) is 1. The molecule has 32 heavy (non-hydrogen) atoms. The van der Waals surface area contributed by atoms with Gasteiger partial charge in [0.25, 0.3) is 5.89 Å². The highest BCUT2D eigenvalue weighted by Gasteiger charge is 2.17. The Balaban J connectivity index is 1.47.